The Labute approximate surface area is 229 Å². The number of halogens is 7. The fourth-order valence-electron chi connectivity index (χ4n) is 1.86. The fourth-order valence-corrected chi connectivity index (χ4v) is 4.54. The van der Waals surface area contributed by atoms with Crippen LogP contribution in [0.5, 0.6) is 0 Å². The molecule has 200 valence electrons. The summed E-state index contributed by atoms with van der Waals surface area (Å²) in [5.74, 6) is 1.81. The van der Waals surface area contributed by atoms with E-state index in [1.807, 2.05) is 4.67 Å². The topological polar surface area (TPSA) is 90.9 Å². The van der Waals surface area contributed by atoms with Crippen LogP contribution in [-0.2, 0) is 13.7 Å². The largest absolute Gasteiger partial charge is 0.396 e. The molecule has 0 spiro atoms. The van der Waals surface area contributed by atoms with Crippen LogP contribution in [0.3, 0.4) is 0 Å². The minimum absolute atomic E-state index is 0. The number of hydrogen-bond acceptors (Lipinski definition) is 5. The summed E-state index contributed by atoms with van der Waals surface area (Å²) in [4.78, 5) is 0. The van der Waals surface area contributed by atoms with E-state index in [0.717, 1.165) is 51.9 Å². The van der Waals surface area contributed by atoms with Crippen molar-refractivity contribution in [2.45, 2.75) is 39.5 Å². The summed E-state index contributed by atoms with van der Waals surface area (Å²) >= 11 is 30.2. The van der Waals surface area contributed by atoms with Gasteiger partial charge in [-0.1, -0.05) is 20.3 Å². The molecule has 1 aliphatic heterocycles. The normalized spacial score (nSPS) is 17.6. The number of nitrogens with one attached hydrogen (secondary N) is 2. The van der Waals surface area contributed by atoms with Gasteiger partial charge in [-0.15, -0.1) is 47.2 Å². The Morgan fingerprint density at radius 1 is 1.06 bits per heavy atom. The van der Waals surface area contributed by atoms with Crippen LogP contribution in [0, 0.1) is 0 Å². The summed E-state index contributed by atoms with van der Waals surface area (Å²) in [7, 11) is -2.76. The summed E-state index contributed by atoms with van der Waals surface area (Å²) in [5.41, 5.74) is 0. The molecule has 0 aromatic carbocycles. The van der Waals surface area contributed by atoms with Gasteiger partial charge in [-0.3, -0.25) is 9.13 Å². The van der Waals surface area contributed by atoms with Crippen molar-refractivity contribution >= 4 is 93.8 Å². The summed E-state index contributed by atoms with van der Waals surface area (Å²) in [6, 6.07) is 0. The molecular formula is C16H38Cl7N3O4P2. The average Bonchev–Trinajstić information content (AvgIpc) is 2.69. The zero-order valence-electron chi connectivity index (χ0n) is 18.6. The molecule has 0 bridgehead atoms. The van der Waals surface area contributed by atoms with E-state index in [-0.39, 0.29) is 12.4 Å². The van der Waals surface area contributed by atoms with E-state index in [1.54, 1.807) is 0 Å². The molecule has 1 heterocycles. The van der Waals surface area contributed by atoms with E-state index in [0.29, 0.717) is 37.4 Å². The molecule has 1 aliphatic rings. The lowest BCUT2D eigenvalue weighted by Gasteiger charge is -2.33. The number of hydrogen-bond donors (Lipinski definition) is 3. The molecule has 0 saturated carbocycles. The van der Waals surface area contributed by atoms with Gasteiger partial charge in [-0.2, -0.15) is 0 Å². The van der Waals surface area contributed by atoms with Crippen LogP contribution < -0.4 is 10.4 Å². The first kappa shape index (κ1) is 41.4. The van der Waals surface area contributed by atoms with Crippen molar-refractivity contribution in [2.75, 3.05) is 63.6 Å². The monoisotopic (exact) mass is 643 g/mol. The van der Waals surface area contributed by atoms with E-state index in [2.05, 4.69) is 58.0 Å². The summed E-state index contributed by atoms with van der Waals surface area (Å²) in [6.07, 6.45) is 3.91. The number of rotatable bonds is 11. The molecule has 0 amide bonds. The molecule has 32 heavy (non-hydrogen) atoms. The van der Waals surface area contributed by atoms with Gasteiger partial charge in [-0.25, -0.2) is 9.76 Å². The van der Waals surface area contributed by atoms with Gasteiger partial charge in [0, 0.05) is 57.0 Å². The first-order valence-corrected chi connectivity index (χ1v) is 17.6. The second-order valence-electron chi connectivity index (χ2n) is 5.86. The smallest absolute Gasteiger partial charge is 0.343 e. The second-order valence-corrected chi connectivity index (χ2v) is 15.8. The number of unbranched alkanes of at least 4 members (excludes halogenated alkanes) is 1. The molecule has 0 aromatic heterocycles. The third-order valence-corrected chi connectivity index (χ3v) is 6.00. The molecule has 3 N–H and O–H groups in total. The second kappa shape index (κ2) is 29.5. The first-order valence-electron chi connectivity index (χ1n) is 9.99. The van der Waals surface area contributed by atoms with E-state index in [4.69, 9.17) is 44.4 Å². The van der Waals surface area contributed by atoms with Gasteiger partial charge in [0.05, 0.1) is 6.61 Å². The Morgan fingerprint density at radius 2 is 1.59 bits per heavy atom. The number of aliphatic hydroxyl groups excluding tert-OH is 1. The molecule has 0 aliphatic carbocycles. The number of aliphatic hydroxyl groups is 1. The van der Waals surface area contributed by atoms with Gasteiger partial charge in [0.1, 0.15) is 0 Å². The summed E-state index contributed by atoms with van der Waals surface area (Å²) < 4.78 is 28.9. The Balaban J connectivity index is -0.000000184. The Bertz CT molecular complexity index is 439. The maximum absolute atomic E-state index is 12.2. The van der Waals surface area contributed by atoms with Crippen LogP contribution >= 0.6 is 93.8 Å². The highest BCUT2D eigenvalue weighted by molar-refractivity contribution is 8.24. The maximum atomic E-state index is 12.2. The lowest BCUT2D eigenvalue weighted by Crippen LogP contribution is -2.35. The highest BCUT2D eigenvalue weighted by Crippen LogP contribution is 2.61. The molecule has 7 nitrogen and oxygen atoms in total. The van der Waals surface area contributed by atoms with E-state index < -0.39 is 12.9 Å². The van der Waals surface area contributed by atoms with Crippen LogP contribution in [-0.4, -0.2) is 73.4 Å². The van der Waals surface area contributed by atoms with Gasteiger partial charge < -0.3 is 14.9 Å². The van der Waals surface area contributed by atoms with Gasteiger partial charge in [0.15, 0.2) is 0 Å². The average molecular weight is 647 g/mol. The number of alkyl halides is 3. The standard InChI is InChI=1S/C8H18ClN2O2P.C4H9Cl2N.C4H10O.Cl3OP.ClH/c1-2-6-11(7-4-9)14(12)10-5-3-8-13-14;5-1-3-7-4-2-6;1-2-3-4-5;1-5(2,3)4;/h2-8H2,1H3,(H,10,12);7H,1-4H2;5H,2-4H2,1H3;;1H. The zero-order chi connectivity index (χ0) is 24.6. The Morgan fingerprint density at radius 3 is 1.88 bits per heavy atom. The molecule has 0 radical (unpaired) electrons. The van der Waals surface area contributed by atoms with Gasteiger partial charge in [0.25, 0.3) is 0 Å². The van der Waals surface area contributed by atoms with Crippen molar-refractivity contribution in [3.8, 4) is 0 Å². The van der Waals surface area contributed by atoms with Crippen molar-refractivity contribution in [1.29, 1.82) is 0 Å². The molecule has 1 fully saturated rings. The van der Waals surface area contributed by atoms with Crippen LogP contribution in [0.25, 0.3) is 0 Å². The summed E-state index contributed by atoms with van der Waals surface area (Å²) in [6.45, 7) is 8.87. The van der Waals surface area contributed by atoms with Crippen molar-refractivity contribution < 1.29 is 18.8 Å². The highest BCUT2D eigenvalue weighted by Gasteiger charge is 2.32. The van der Waals surface area contributed by atoms with E-state index in [9.17, 15) is 9.13 Å². The van der Waals surface area contributed by atoms with Gasteiger partial charge in [0.2, 0.25) is 0 Å². The van der Waals surface area contributed by atoms with Gasteiger partial charge in [-0.05, 0) is 53.0 Å². The highest BCUT2D eigenvalue weighted by atomic mass is 36.0. The number of nitrogens with zero attached hydrogens (tertiary/aromatic N) is 1. The maximum Gasteiger partial charge on any atom is 0.343 e. The van der Waals surface area contributed by atoms with Crippen molar-refractivity contribution in [1.82, 2.24) is 15.1 Å². The van der Waals surface area contributed by atoms with E-state index >= 15 is 0 Å². The van der Waals surface area contributed by atoms with Crippen molar-refractivity contribution in [3.05, 3.63) is 0 Å². The quantitative estimate of drug-likeness (QED) is 0.125. The predicted octanol–water partition coefficient (Wildman–Crippen LogP) is 7.12. The Hall–Kier alpha value is 2.29. The predicted molar refractivity (Wildman–Crippen MR) is 147 cm³/mol. The third-order valence-electron chi connectivity index (χ3n) is 3.15. The molecule has 1 rings (SSSR count). The summed E-state index contributed by atoms with van der Waals surface area (Å²) in [5, 5.41) is 10.8. The minimum atomic E-state index is -3.22. The van der Waals surface area contributed by atoms with Crippen LogP contribution in [0.2, 0.25) is 0 Å². The molecule has 16 heteroatoms. The van der Waals surface area contributed by atoms with Crippen LogP contribution in [0.15, 0.2) is 0 Å². The van der Waals surface area contributed by atoms with Crippen molar-refractivity contribution in [3.63, 3.8) is 0 Å². The zero-order valence-corrected chi connectivity index (χ0v) is 25.7. The van der Waals surface area contributed by atoms with Gasteiger partial charge >= 0.3 is 12.9 Å². The molecule has 1 unspecified atom stereocenters. The van der Waals surface area contributed by atoms with Crippen molar-refractivity contribution in [2.24, 2.45) is 0 Å². The first-order chi connectivity index (χ1) is 14.6. The lowest BCUT2D eigenvalue weighted by molar-refractivity contribution is 0.229. The molecule has 0 aromatic rings. The fraction of sp³-hybridized carbons (Fsp3) is 1.00. The molecule has 1 saturated heterocycles. The SMILES string of the molecule is CCCCO.CCCN(CCCl)P1(=O)NCCCO1.Cl.ClCCNCCCl.O=P(Cl)(Cl)Cl. The Kier molecular flexibility index (Phi) is 38.2. The van der Waals surface area contributed by atoms with Crippen LogP contribution in [0.1, 0.15) is 39.5 Å². The minimum Gasteiger partial charge on any atom is -0.396 e. The third kappa shape index (κ3) is 34.5. The van der Waals surface area contributed by atoms with E-state index in [1.165, 1.54) is 0 Å². The molecule has 1 atom stereocenters. The van der Waals surface area contributed by atoms with Crippen LogP contribution in [0.4, 0.5) is 0 Å². The molecular weight excluding hydrogens is 608 g/mol. The lowest BCUT2D eigenvalue weighted by atomic mass is 10.4.